The molecule has 0 aliphatic heterocycles. The van der Waals surface area contributed by atoms with Crippen LogP contribution in [0.5, 0.6) is 0 Å². The Hall–Kier alpha value is 0.720. The van der Waals surface area contributed by atoms with E-state index in [-0.39, 0.29) is 4.83 Å². The van der Waals surface area contributed by atoms with Gasteiger partial charge >= 0.3 is 0 Å². The van der Waals surface area contributed by atoms with Crippen molar-refractivity contribution in [3.8, 4) is 0 Å². The van der Waals surface area contributed by atoms with Crippen LogP contribution < -0.4 is 0 Å². The third kappa shape index (κ3) is 3.43. The quantitative estimate of drug-likeness (QED) is 0.540. The molecular formula is C4H8BrClO2S. The molecule has 0 amide bonds. The molecule has 0 aliphatic carbocycles. The summed E-state index contributed by atoms with van der Waals surface area (Å²) in [4.78, 5) is -0.0972. The minimum Gasteiger partial charge on any atom is -0.212 e. The van der Waals surface area contributed by atoms with Crippen molar-refractivity contribution in [1.82, 2.24) is 0 Å². The van der Waals surface area contributed by atoms with Gasteiger partial charge in [0.25, 0.3) is 0 Å². The van der Waals surface area contributed by atoms with Crippen LogP contribution in [0.25, 0.3) is 0 Å². The van der Waals surface area contributed by atoms with E-state index in [2.05, 4.69) is 15.9 Å². The Kier molecular flexibility index (Phi) is 3.47. The minimum atomic E-state index is -3.38. The molecule has 56 valence electrons. The zero-order valence-electron chi connectivity index (χ0n) is 5.14. The van der Waals surface area contributed by atoms with Crippen LogP contribution in [0, 0.1) is 0 Å². The Morgan fingerprint density at radius 2 is 1.78 bits per heavy atom. The number of alkyl halides is 1. The summed E-state index contributed by atoms with van der Waals surface area (Å²) in [6.07, 6.45) is 0. The first-order valence-corrected chi connectivity index (χ1v) is 5.72. The van der Waals surface area contributed by atoms with Crippen LogP contribution in [0.3, 0.4) is 0 Å². The molecule has 0 aromatic heterocycles. The summed E-state index contributed by atoms with van der Waals surface area (Å²) in [6.45, 7) is 3.30. The number of halogens is 2. The van der Waals surface area contributed by atoms with Crippen molar-refractivity contribution in [2.75, 3.05) is 0 Å². The van der Waals surface area contributed by atoms with Gasteiger partial charge in [0.15, 0.2) is 0 Å². The summed E-state index contributed by atoms with van der Waals surface area (Å²) in [6, 6.07) is 0. The van der Waals surface area contributed by atoms with Crippen molar-refractivity contribution in [2.24, 2.45) is 0 Å². The van der Waals surface area contributed by atoms with Gasteiger partial charge in [0.05, 0.1) is 5.25 Å². The second-order valence-electron chi connectivity index (χ2n) is 1.86. The molecule has 0 saturated carbocycles. The molecule has 1 unspecified atom stereocenters. The topological polar surface area (TPSA) is 34.1 Å². The summed E-state index contributed by atoms with van der Waals surface area (Å²) in [7, 11) is 1.64. The standard InChI is InChI=1S/C4H8BrClO2S/c1-3(5)4(2)9(6,7)8/h3-4H,1-2H3/t3-,4?/m1/s1. The van der Waals surface area contributed by atoms with E-state index in [1.165, 1.54) is 0 Å². The number of hydrogen-bond acceptors (Lipinski definition) is 2. The maximum absolute atomic E-state index is 10.5. The normalized spacial score (nSPS) is 19.1. The minimum absolute atomic E-state index is 0.0972. The monoisotopic (exact) mass is 234 g/mol. The van der Waals surface area contributed by atoms with Gasteiger partial charge in [0, 0.05) is 15.5 Å². The molecule has 0 N–H and O–H groups in total. The van der Waals surface area contributed by atoms with Gasteiger partial charge in [-0.05, 0) is 6.92 Å². The van der Waals surface area contributed by atoms with E-state index in [4.69, 9.17) is 10.7 Å². The van der Waals surface area contributed by atoms with Crippen molar-refractivity contribution in [3.63, 3.8) is 0 Å². The molecule has 0 aliphatic rings. The largest absolute Gasteiger partial charge is 0.236 e. The zero-order valence-corrected chi connectivity index (χ0v) is 8.29. The molecule has 0 saturated heterocycles. The Morgan fingerprint density at radius 1 is 1.44 bits per heavy atom. The van der Waals surface area contributed by atoms with Crippen LogP contribution >= 0.6 is 26.6 Å². The molecular weight excluding hydrogens is 227 g/mol. The van der Waals surface area contributed by atoms with Gasteiger partial charge in [-0.1, -0.05) is 22.9 Å². The lowest BCUT2D eigenvalue weighted by Gasteiger charge is -2.08. The predicted octanol–water partition coefficient (Wildman–Crippen LogP) is 1.73. The third-order valence-electron chi connectivity index (χ3n) is 1.09. The van der Waals surface area contributed by atoms with E-state index in [0.717, 1.165) is 0 Å². The highest BCUT2D eigenvalue weighted by atomic mass is 79.9. The smallest absolute Gasteiger partial charge is 0.212 e. The Morgan fingerprint density at radius 3 is 1.78 bits per heavy atom. The van der Waals surface area contributed by atoms with Crippen molar-refractivity contribution in [1.29, 1.82) is 0 Å². The van der Waals surface area contributed by atoms with Crippen LogP contribution in [0.15, 0.2) is 0 Å². The van der Waals surface area contributed by atoms with Gasteiger partial charge in [-0.3, -0.25) is 0 Å². The maximum Gasteiger partial charge on any atom is 0.236 e. The molecule has 0 radical (unpaired) electrons. The third-order valence-corrected chi connectivity index (χ3v) is 4.37. The van der Waals surface area contributed by atoms with E-state index < -0.39 is 14.3 Å². The van der Waals surface area contributed by atoms with Crippen LogP contribution in [-0.4, -0.2) is 18.5 Å². The van der Waals surface area contributed by atoms with Crippen LogP contribution in [0.4, 0.5) is 0 Å². The average molecular weight is 236 g/mol. The maximum atomic E-state index is 10.5. The molecule has 0 spiro atoms. The summed E-state index contributed by atoms with van der Waals surface area (Å²) in [5, 5.41) is -0.529. The van der Waals surface area contributed by atoms with Crippen molar-refractivity contribution < 1.29 is 8.42 Å². The first-order valence-electron chi connectivity index (χ1n) is 2.43. The Bertz CT molecular complexity index is 175. The molecule has 0 aromatic carbocycles. The summed E-state index contributed by atoms with van der Waals surface area (Å²) in [5.74, 6) is 0. The lowest BCUT2D eigenvalue weighted by atomic mass is 10.4. The summed E-state index contributed by atoms with van der Waals surface area (Å²) in [5.41, 5.74) is 0. The first kappa shape index (κ1) is 9.72. The Balaban J connectivity index is 4.24. The Labute approximate surface area is 68.1 Å². The van der Waals surface area contributed by atoms with E-state index >= 15 is 0 Å². The molecule has 2 atom stereocenters. The predicted molar refractivity (Wildman–Crippen MR) is 42.6 cm³/mol. The van der Waals surface area contributed by atoms with Gasteiger partial charge < -0.3 is 0 Å². The zero-order chi connectivity index (χ0) is 7.65. The van der Waals surface area contributed by atoms with Crippen LogP contribution in [-0.2, 0) is 9.05 Å². The highest BCUT2D eigenvalue weighted by Crippen LogP contribution is 2.15. The second kappa shape index (κ2) is 3.21. The molecule has 2 nitrogen and oxygen atoms in total. The molecule has 9 heavy (non-hydrogen) atoms. The van der Waals surface area contributed by atoms with Gasteiger partial charge in [-0.25, -0.2) is 8.42 Å². The molecule has 0 heterocycles. The SMILES string of the molecule is CC([C@@H](C)Br)S(=O)(=O)Cl. The lowest BCUT2D eigenvalue weighted by molar-refractivity contribution is 0.597. The average Bonchev–Trinajstić information content (AvgIpc) is 1.62. The lowest BCUT2D eigenvalue weighted by Crippen LogP contribution is -2.20. The fraction of sp³-hybridized carbons (Fsp3) is 1.00. The van der Waals surface area contributed by atoms with Crippen LogP contribution in [0.2, 0.25) is 0 Å². The van der Waals surface area contributed by atoms with E-state index in [9.17, 15) is 8.42 Å². The second-order valence-corrected chi connectivity index (χ2v) is 6.29. The number of rotatable bonds is 2. The van der Waals surface area contributed by atoms with Crippen molar-refractivity contribution in [2.45, 2.75) is 23.9 Å². The molecule has 0 bridgehead atoms. The number of hydrogen-bond donors (Lipinski definition) is 0. The van der Waals surface area contributed by atoms with E-state index in [1.54, 1.807) is 13.8 Å². The van der Waals surface area contributed by atoms with Crippen molar-refractivity contribution >= 4 is 35.7 Å². The summed E-state index contributed by atoms with van der Waals surface area (Å²) >= 11 is 3.11. The fourth-order valence-electron chi connectivity index (χ4n) is 0.224. The van der Waals surface area contributed by atoms with Gasteiger partial charge in [0.2, 0.25) is 9.05 Å². The fourth-order valence-corrected chi connectivity index (χ4v) is 2.36. The van der Waals surface area contributed by atoms with E-state index in [1.807, 2.05) is 0 Å². The molecule has 0 rings (SSSR count). The first-order chi connectivity index (χ1) is 3.85. The highest BCUT2D eigenvalue weighted by molar-refractivity contribution is 9.09. The highest BCUT2D eigenvalue weighted by Gasteiger charge is 2.21. The van der Waals surface area contributed by atoms with Crippen molar-refractivity contribution in [3.05, 3.63) is 0 Å². The molecule has 5 heteroatoms. The van der Waals surface area contributed by atoms with Gasteiger partial charge in [-0.2, -0.15) is 0 Å². The van der Waals surface area contributed by atoms with Gasteiger partial charge in [-0.15, -0.1) is 0 Å². The van der Waals surface area contributed by atoms with Gasteiger partial charge in [0.1, 0.15) is 0 Å². The summed E-state index contributed by atoms with van der Waals surface area (Å²) < 4.78 is 21.0. The molecule has 0 aromatic rings. The van der Waals surface area contributed by atoms with Crippen LogP contribution in [0.1, 0.15) is 13.8 Å². The molecule has 0 fully saturated rings. The van der Waals surface area contributed by atoms with E-state index in [0.29, 0.717) is 0 Å².